The average molecular weight is 335 g/mol. The fourth-order valence-electron chi connectivity index (χ4n) is 3.87. The van der Waals surface area contributed by atoms with Crippen LogP contribution in [0.15, 0.2) is 24.3 Å². The van der Waals surface area contributed by atoms with Crippen molar-refractivity contribution in [1.29, 1.82) is 0 Å². The molecule has 6 heteroatoms. The summed E-state index contributed by atoms with van der Waals surface area (Å²) >= 11 is 0. The van der Waals surface area contributed by atoms with E-state index in [1.54, 1.807) is 18.2 Å². The summed E-state index contributed by atoms with van der Waals surface area (Å²) in [6.45, 7) is 6.97. The lowest BCUT2D eigenvalue weighted by Gasteiger charge is -2.46. The minimum atomic E-state index is -0.406. The molecule has 2 saturated heterocycles. The zero-order chi connectivity index (χ0) is 17.0. The molecule has 0 saturated carbocycles. The van der Waals surface area contributed by atoms with Gasteiger partial charge in [0.05, 0.1) is 5.69 Å². The van der Waals surface area contributed by atoms with Gasteiger partial charge in [-0.15, -0.1) is 0 Å². The van der Waals surface area contributed by atoms with E-state index in [9.17, 15) is 9.18 Å². The minimum Gasteiger partial charge on any atom is -0.381 e. The number of carbonyl (C=O) groups is 1. The monoisotopic (exact) mass is 335 g/mol. The van der Waals surface area contributed by atoms with E-state index in [2.05, 4.69) is 17.1 Å². The lowest BCUT2D eigenvalue weighted by molar-refractivity contribution is -0.0286. The van der Waals surface area contributed by atoms with Gasteiger partial charge in [-0.25, -0.2) is 9.18 Å². The van der Waals surface area contributed by atoms with Gasteiger partial charge >= 0.3 is 6.03 Å². The van der Waals surface area contributed by atoms with Crippen LogP contribution in [0.4, 0.5) is 14.9 Å². The zero-order valence-corrected chi connectivity index (χ0v) is 14.3. The molecule has 2 heterocycles. The Balaban J connectivity index is 1.75. The Labute approximate surface area is 142 Å². The number of hydrogen-bond acceptors (Lipinski definition) is 3. The number of nitrogens with one attached hydrogen (secondary N) is 1. The Kier molecular flexibility index (Phi) is 5.36. The first-order valence-electron chi connectivity index (χ1n) is 8.78. The summed E-state index contributed by atoms with van der Waals surface area (Å²) in [4.78, 5) is 17.0. The maximum absolute atomic E-state index is 13.8. The van der Waals surface area contributed by atoms with Gasteiger partial charge in [0.1, 0.15) is 5.82 Å². The van der Waals surface area contributed by atoms with Crippen LogP contribution in [0.5, 0.6) is 0 Å². The van der Waals surface area contributed by atoms with Gasteiger partial charge in [0.25, 0.3) is 0 Å². The predicted molar refractivity (Wildman–Crippen MR) is 91.6 cm³/mol. The number of para-hydroxylation sites is 1. The highest BCUT2D eigenvalue weighted by Gasteiger charge is 2.41. The van der Waals surface area contributed by atoms with Gasteiger partial charge in [0, 0.05) is 38.4 Å². The van der Waals surface area contributed by atoms with E-state index in [0.717, 1.165) is 45.6 Å². The van der Waals surface area contributed by atoms with Crippen molar-refractivity contribution in [1.82, 2.24) is 9.80 Å². The summed E-state index contributed by atoms with van der Waals surface area (Å²) < 4.78 is 19.3. The first-order chi connectivity index (χ1) is 11.6. The van der Waals surface area contributed by atoms with Crippen molar-refractivity contribution < 1.29 is 13.9 Å². The van der Waals surface area contributed by atoms with Crippen LogP contribution in [0.2, 0.25) is 0 Å². The molecular weight excluding hydrogens is 309 g/mol. The summed E-state index contributed by atoms with van der Waals surface area (Å²) in [5, 5.41) is 2.72. The molecule has 0 aromatic heterocycles. The summed E-state index contributed by atoms with van der Waals surface area (Å²) in [7, 11) is 0. The zero-order valence-electron chi connectivity index (χ0n) is 14.3. The number of benzene rings is 1. The number of nitrogens with zero attached hydrogens (tertiary/aromatic N) is 2. The number of amides is 2. The Bertz CT molecular complexity index is 575. The van der Waals surface area contributed by atoms with E-state index in [4.69, 9.17) is 4.74 Å². The van der Waals surface area contributed by atoms with Gasteiger partial charge in [-0.2, -0.15) is 0 Å². The van der Waals surface area contributed by atoms with Gasteiger partial charge in [-0.1, -0.05) is 19.1 Å². The van der Waals surface area contributed by atoms with Gasteiger partial charge < -0.3 is 15.0 Å². The second kappa shape index (κ2) is 7.49. The van der Waals surface area contributed by atoms with Crippen molar-refractivity contribution in [3.63, 3.8) is 0 Å². The van der Waals surface area contributed by atoms with Crippen molar-refractivity contribution in [3.8, 4) is 0 Å². The molecule has 1 spiro atoms. The average Bonchev–Trinajstić information content (AvgIpc) is 2.77. The molecule has 3 rings (SSSR count). The molecule has 0 unspecified atom stereocenters. The minimum absolute atomic E-state index is 0.0178. The van der Waals surface area contributed by atoms with Crippen molar-refractivity contribution >= 4 is 11.7 Å². The fraction of sp³-hybridized carbons (Fsp3) is 0.611. The van der Waals surface area contributed by atoms with Crippen LogP contribution in [0, 0.1) is 5.82 Å². The smallest absolute Gasteiger partial charge is 0.321 e. The Morgan fingerprint density at radius 1 is 1.29 bits per heavy atom. The molecule has 1 aromatic carbocycles. The molecule has 24 heavy (non-hydrogen) atoms. The molecule has 2 amide bonds. The quantitative estimate of drug-likeness (QED) is 0.904. The van der Waals surface area contributed by atoms with E-state index in [-0.39, 0.29) is 17.3 Å². The molecule has 5 nitrogen and oxygen atoms in total. The largest absolute Gasteiger partial charge is 0.381 e. The highest BCUT2D eigenvalue weighted by molar-refractivity contribution is 5.89. The summed E-state index contributed by atoms with van der Waals surface area (Å²) in [5.41, 5.74) is 0.218. The SMILES string of the molecule is CCN1CCCN(C(=O)Nc2ccccc2F)CC12CCOCC2. The molecular formula is C18H26FN3O2. The number of likely N-dealkylation sites (N-methyl/N-ethyl adjacent to an activating group) is 1. The number of hydrogen-bond donors (Lipinski definition) is 1. The van der Waals surface area contributed by atoms with Crippen LogP contribution >= 0.6 is 0 Å². The third-order valence-corrected chi connectivity index (χ3v) is 5.22. The van der Waals surface area contributed by atoms with Crippen molar-refractivity contribution in [2.45, 2.75) is 31.7 Å². The summed E-state index contributed by atoms with van der Waals surface area (Å²) in [6.07, 6.45) is 2.80. The Morgan fingerprint density at radius 3 is 2.75 bits per heavy atom. The maximum Gasteiger partial charge on any atom is 0.321 e. The third-order valence-electron chi connectivity index (χ3n) is 5.22. The summed E-state index contributed by atoms with van der Waals surface area (Å²) in [5.74, 6) is -0.406. The van der Waals surface area contributed by atoms with Crippen LogP contribution in [0.1, 0.15) is 26.2 Å². The Hall–Kier alpha value is -1.66. The van der Waals surface area contributed by atoms with Crippen LogP contribution < -0.4 is 5.32 Å². The predicted octanol–water partition coefficient (Wildman–Crippen LogP) is 2.93. The van der Waals surface area contributed by atoms with Gasteiger partial charge in [0.15, 0.2) is 0 Å². The molecule has 0 atom stereocenters. The molecule has 1 N–H and O–H groups in total. The highest BCUT2D eigenvalue weighted by atomic mass is 19.1. The molecule has 2 fully saturated rings. The second-order valence-corrected chi connectivity index (χ2v) is 6.60. The topological polar surface area (TPSA) is 44.8 Å². The van der Waals surface area contributed by atoms with E-state index < -0.39 is 5.82 Å². The van der Waals surface area contributed by atoms with Crippen LogP contribution in [0.3, 0.4) is 0 Å². The maximum atomic E-state index is 13.8. The standard InChI is InChI=1S/C18H26FN3O2/c1-2-22-11-5-10-21(14-18(22)8-12-24-13-9-18)17(23)20-16-7-4-3-6-15(16)19/h3-4,6-7H,2,5,8-14H2,1H3,(H,20,23). The van der Waals surface area contributed by atoms with Crippen molar-refractivity contribution in [3.05, 3.63) is 30.1 Å². The first-order valence-corrected chi connectivity index (χ1v) is 8.78. The van der Waals surface area contributed by atoms with Crippen LogP contribution in [0.25, 0.3) is 0 Å². The van der Waals surface area contributed by atoms with Crippen molar-refractivity contribution in [2.75, 3.05) is 44.7 Å². The van der Waals surface area contributed by atoms with Gasteiger partial charge in [0.2, 0.25) is 0 Å². The summed E-state index contributed by atoms with van der Waals surface area (Å²) in [6, 6.07) is 6.07. The van der Waals surface area contributed by atoms with Crippen LogP contribution in [-0.2, 0) is 4.74 Å². The number of anilines is 1. The lowest BCUT2D eigenvalue weighted by atomic mass is 9.87. The molecule has 1 aromatic rings. The molecule has 2 aliphatic rings. The lowest BCUT2D eigenvalue weighted by Crippen LogP contribution is -2.57. The molecule has 132 valence electrons. The first kappa shape index (κ1) is 17.2. The second-order valence-electron chi connectivity index (χ2n) is 6.60. The fourth-order valence-corrected chi connectivity index (χ4v) is 3.87. The molecule has 0 bridgehead atoms. The highest BCUT2D eigenvalue weighted by Crippen LogP contribution is 2.31. The number of ether oxygens (including phenoxy) is 1. The van der Waals surface area contributed by atoms with Crippen LogP contribution in [-0.4, -0.2) is 60.8 Å². The molecule has 0 radical (unpaired) electrons. The van der Waals surface area contributed by atoms with E-state index >= 15 is 0 Å². The number of carbonyl (C=O) groups excluding carboxylic acids is 1. The van der Waals surface area contributed by atoms with Crippen molar-refractivity contribution in [2.24, 2.45) is 0 Å². The molecule has 0 aliphatic carbocycles. The normalized spacial score (nSPS) is 21.5. The van der Waals surface area contributed by atoms with E-state index in [1.165, 1.54) is 6.07 Å². The number of halogens is 1. The molecule has 2 aliphatic heterocycles. The number of urea groups is 1. The van der Waals surface area contributed by atoms with Gasteiger partial charge in [-0.3, -0.25) is 4.90 Å². The third kappa shape index (κ3) is 3.54. The van der Waals surface area contributed by atoms with E-state index in [0.29, 0.717) is 13.1 Å². The van der Waals surface area contributed by atoms with Gasteiger partial charge in [-0.05, 0) is 37.9 Å². The van der Waals surface area contributed by atoms with E-state index in [1.807, 2.05) is 4.90 Å². The Morgan fingerprint density at radius 2 is 2.04 bits per heavy atom. The number of rotatable bonds is 2.